The van der Waals surface area contributed by atoms with E-state index in [1.165, 1.54) is 0 Å². The molecule has 0 spiro atoms. The first-order chi connectivity index (χ1) is 14.2. The molecule has 0 bridgehead atoms. The van der Waals surface area contributed by atoms with E-state index in [-0.39, 0.29) is 18.4 Å². The summed E-state index contributed by atoms with van der Waals surface area (Å²) in [5.74, 6) is 1.99. The second kappa shape index (κ2) is 8.72. The van der Waals surface area contributed by atoms with Gasteiger partial charge in [0.2, 0.25) is 11.8 Å². The Bertz CT molecular complexity index is 952. The maximum atomic E-state index is 12.5. The number of amides is 1. The molecule has 4 rings (SSSR count). The third kappa shape index (κ3) is 4.37. The second-order valence-corrected chi connectivity index (χ2v) is 6.86. The molecule has 1 fully saturated rings. The first-order valence-electron chi connectivity index (χ1n) is 9.61. The van der Waals surface area contributed by atoms with Crippen molar-refractivity contribution in [1.29, 1.82) is 0 Å². The van der Waals surface area contributed by atoms with Crippen molar-refractivity contribution in [3.8, 4) is 17.4 Å². The van der Waals surface area contributed by atoms with Crippen LogP contribution in [0.15, 0.2) is 55.1 Å². The molecule has 2 aromatic heterocycles. The fourth-order valence-electron chi connectivity index (χ4n) is 3.54. The molecular weight excluding hydrogens is 370 g/mol. The van der Waals surface area contributed by atoms with Crippen LogP contribution in [0, 0.1) is 0 Å². The molecule has 1 amide bonds. The molecule has 0 unspecified atom stereocenters. The van der Waals surface area contributed by atoms with Crippen molar-refractivity contribution in [3.05, 3.63) is 60.8 Å². The lowest BCUT2D eigenvalue weighted by atomic mass is 9.93. The number of para-hydroxylation sites is 2. The van der Waals surface area contributed by atoms with Crippen molar-refractivity contribution in [2.45, 2.75) is 25.3 Å². The number of nitrogens with zero attached hydrogens (tertiary/aromatic N) is 5. The van der Waals surface area contributed by atoms with E-state index in [9.17, 15) is 4.79 Å². The fourth-order valence-corrected chi connectivity index (χ4v) is 3.54. The second-order valence-electron chi connectivity index (χ2n) is 6.86. The van der Waals surface area contributed by atoms with Gasteiger partial charge in [0.1, 0.15) is 12.2 Å². The number of aromatic nitrogens is 4. The Morgan fingerprint density at radius 1 is 1.07 bits per heavy atom. The zero-order valence-electron chi connectivity index (χ0n) is 16.3. The van der Waals surface area contributed by atoms with Crippen LogP contribution in [0.1, 0.15) is 24.5 Å². The summed E-state index contributed by atoms with van der Waals surface area (Å²) in [6, 6.07) is 9.27. The number of hydrogen-bond acceptors (Lipinski definition) is 6. The van der Waals surface area contributed by atoms with Gasteiger partial charge in [-0.05, 0) is 31.0 Å². The zero-order valence-corrected chi connectivity index (χ0v) is 16.3. The van der Waals surface area contributed by atoms with Crippen molar-refractivity contribution in [1.82, 2.24) is 24.6 Å². The smallest absolute Gasteiger partial charge is 0.244 e. The van der Waals surface area contributed by atoms with Crippen molar-refractivity contribution >= 4 is 5.91 Å². The molecule has 1 aliphatic heterocycles. The summed E-state index contributed by atoms with van der Waals surface area (Å²) in [7, 11) is 1.61. The molecule has 150 valence electrons. The molecular formula is C21H23N5O3. The summed E-state index contributed by atoms with van der Waals surface area (Å²) < 4.78 is 13.0. The van der Waals surface area contributed by atoms with Gasteiger partial charge in [-0.3, -0.25) is 14.5 Å². The molecule has 8 nitrogen and oxygen atoms in total. The van der Waals surface area contributed by atoms with Gasteiger partial charge in [-0.2, -0.15) is 5.10 Å². The van der Waals surface area contributed by atoms with Gasteiger partial charge in [-0.25, -0.2) is 4.98 Å². The van der Waals surface area contributed by atoms with Crippen LogP contribution in [-0.4, -0.2) is 50.8 Å². The highest BCUT2D eigenvalue weighted by Crippen LogP contribution is 2.36. The monoisotopic (exact) mass is 393 g/mol. The summed E-state index contributed by atoms with van der Waals surface area (Å²) >= 11 is 0. The van der Waals surface area contributed by atoms with Crippen molar-refractivity contribution in [2.24, 2.45) is 0 Å². The highest BCUT2D eigenvalue weighted by molar-refractivity contribution is 5.76. The van der Waals surface area contributed by atoms with E-state index in [2.05, 4.69) is 15.1 Å². The van der Waals surface area contributed by atoms with Gasteiger partial charge >= 0.3 is 0 Å². The third-order valence-corrected chi connectivity index (χ3v) is 5.06. The lowest BCUT2D eigenvalue weighted by molar-refractivity contribution is -0.133. The molecule has 29 heavy (non-hydrogen) atoms. The van der Waals surface area contributed by atoms with E-state index in [4.69, 9.17) is 9.47 Å². The number of piperidine rings is 1. The van der Waals surface area contributed by atoms with Crippen LogP contribution in [0.5, 0.6) is 17.4 Å². The summed E-state index contributed by atoms with van der Waals surface area (Å²) in [5, 5.41) is 4.10. The molecule has 0 radical (unpaired) electrons. The molecule has 0 saturated carbocycles. The Hall–Kier alpha value is -3.42. The lowest BCUT2D eigenvalue weighted by Crippen LogP contribution is -2.40. The van der Waals surface area contributed by atoms with Crippen LogP contribution in [0.4, 0.5) is 0 Å². The Labute approximate surface area is 169 Å². The number of hydrogen-bond donors (Lipinski definition) is 0. The van der Waals surface area contributed by atoms with E-state index in [0.717, 1.165) is 18.5 Å². The fraction of sp³-hybridized carbons (Fsp3) is 0.333. The van der Waals surface area contributed by atoms with Crippen LogP contribution in [0.3, 0.4) is 0 Å². The maximum Gasteiger partial charge on any atom is 0.244 e. The molecule has 8 heteroatoms. The average Bonchev–Trinajstić information content (AvgIpc) is 3.28. The Balaban J connectivity index is 1.43. The number of carbonyl (C=O) groups excluding carboxylic acids is 1. The number of carbonyl (C=O) groups is 1. The van der Waals surface area contributed by atoms with Gasteiger partial charge in [-0.15, -0.1) is 0 Å². The molecule has 0 N–H and O–H groups in total. The molecule has 1 saturated heterocycles. The van der Waals surface area contributed by atoms with E-state index in [1.54, 1.807) is 36.6 Å². The minimum absolute atomic E-state index is 0.0804. The number of likely N-dealkylation sites (tertiary alicyclic amines) is 1. The van der Waals surface area contributed by atoms with E-state index in [0.29, 0.717) is 30.5 Å². The Morgan fingerprint density at radius 3 is 2.55 bits per heavy atom. The summed E-state index contributed by atoms with van der Waals surface area (Å²) in [6.45, 7) is 1.62. The normalized spacial score (nSPS) is 14.6. The minimum atomic E-state index is 0.0804. The van der Waals surface area contributed by atoms with E-state index in [1.807, 2.05) is 35.2 Å². The lowest BCUT2D eigenvalue weighted by Gasteiger charge is -2.32. The topological polar surface area (TPSA) is 82.4 Å². The van der Waals surface area contributed by atoms with Crippen molar-refractivity contribution in [2.75, 3.05) is 20.2 Å². The van der Waals surface area contributed by atoms with Gasteiger partial charge in [0.15, 0.2) is 11.5 Å². The van der Waals surface area contributed by atoms with Crippen LogP contribution in [0.25, 0.3) is 0 Å². The molecule has 0 aliphatic carbocycles. The molecule has 1 aliphatic rings. The number of methoxy groups -OCH3 is 1. The first-order valence-corrected chi connectivity index (χ1v) is 9.61. The Kier molecular flexibility index (Phi) is 5.69. The molecule has 3 aromatic rings. The van der Waals surface area contributed by atoms with Gasteiger partial charge in [0, 0.05) is 43.8 Å². The quantitative estimate of drug-likeness (QED) is 0.640. The van der Waals surface area contributed by atoms with Crippen molar-refractivity contribution < 1.29 is 14.3 Å². The van der Waals surface area contributed by atoms with Crippen LogP contribution < -0.4 is 9.47 Å². The highest BCUT2D eigenvalue weighted by Gasteiger charge is 2.27. The number of rotatable bonds is 6. The minimum Gasteiger partial charge on any atom is -0.493 e. The zero-order chi connectivity index (χ0) is 20.1. The third-order valence-electron chi connectivity index (χ3n) is 5.06. The van der Waals surface area contributed by atoms with Gasteiger partial charge in [0.05, 0.1) is 7.11 Å². The molecule has 0 atom stereocenters. The molecule has 1 aromatic carbocycles. The SMILES string of the molecule is COc1ccccc1Oc1nccnc1C1CCN(C(=O)Cn2cccn2)CC1. The van der Waals surface area contributed by atoms with Gasteiger partial charge < -0.3 is 14.4 Å². The summed E-state index contributed by atoms with van der Waals surface area (Å²) in [4.78, 5) is 23.3. The first kappa shape index (κ1) is 18.9. The predicted octanol–water partition coefficient (Wildman–Crippen LogP) is 2.88. The van der Waals surface area contributed by atoms with Crippen LogP contribution >= 0.6 is 0 Å². The van der Waals surface area contributed by atoms with Gasteiger partial charge in [-0.1, -0.05) is 12.1 Å². The summed E-state index contributed by atoms with van der Waals surface area (Å²) in [6.07, 6.45) is 8.40. The molecule has 3 heterocycles. The Morgan fingerprint density at radius 2 is 1.83 bits per heavy atom. The van der Waals surface area contributed by atoms with E-state index < -0.39 is 0 Å². The predicted molar refractivity (Wildman–Crippen MR) is 106 cm³/mol. The van der Waals surface area contributed by atoms with Crippen molar-refractivity contribution in [3.63, 3.8) is 0 Å². The van der Waals surface area contributed by atoms with Crippen LogP contribution in [-0.2, 0) is 11.3 Å². The highest BCUT2D eigenvalue weighted by atomic mass is 16.5. The standard InChI is InChI=1S/C21H23N5O3/c1-28-17-5-2-3-6-18(17)29-21-20(22-10-11-23-21)16-7-13-25(14-8-16)19(27)15-26-12-4-9-24-26/h2-6,9-12,16H,7-8,13-15H2,1H3. The van der Waals surface area contributed by atoms with Crippen LogP contribution in [0.2, 0.25) is 0 Å². The van der Waals surface area contributed by atoms with E-state index >= 15 is 0 Å². The number of benzene rings is 1. The van der Waals surface area contributed by atoms with Gasteiger partial charge in [0.25, 0.3) is 0 Å². The summed E-state index contributed by atoms with van der Waals surface area (Å²) in [5.41, 5.74) is 0.817. The maximum absolute atomic E-state index is 12.5. The average molecular weight is 393 g/mol. The number of ether oxygens (including phenoxy) is 2. The largest absolute Gasteiger partial charge is 0.493 e.